The van der Waals surface area contributed by atoms with Crippen molar-refractivity contribution in [2.75, 3.05) is 11.1 Å². The molecule has 0 saturated heterocycles. The van der Waals surface area contributed by atoms with Crippen LogP contribution in [0.1, 0.15) is 17.1 Å². The van der Waals surface area contributed by atoms with Crippen molar-refractivity contribution >= 4 is 45.6 Å². The molecule has 6 heteroatoms. The molecule has 0 aliphatic rings. The molecular formula is C17H17N3OS2. The molecule has 0 aliphatic carbocycles. The number of nitrogens with one attached hydrogen (secondary N) is 1. The predicted molar refractivity (Wildman–Crippen MR) is 98.0 cm³/mol. The van der Waals surface area contributed by atoms with Gasteiger partial charge in [-0.15, -0.1) is 11.3 Å². The van der Waals surface area contributed by atoms with E-state index in [0.29, 0.717) is 6.42 Å². The van der Waals surface area contributed by atoms with Gasteiger partial charge in [-0.25, -0.2) is 4.98 Å². The Kier molecular flexibility index (Phi) is 5.25. The molecule has 1 N–H and O–H groups in total. The maximum Gasteiger partial charge on any atom is 0.225 e. The maximum atomic E-state index is 12.1. The minimum Gasteiger partial charge on any atom is -0.324 e. The first kappa shape index (κ1) is 16.0. The van der Waals surface area contributed by atoms with Crippen LogP contribution >= 0.6 is 23.1 Å². The standard InChI is InChI=1S/C17H17N3OS2/c1-12-19-14(11-23-12)10-22-9-7-16(21)20-15-6-2-4-13-5-3-8-18-17(13)15/h2-6,8,11H,7,9-10H2,1H3,(H,20,21). The zero-order valence-electron chi connectivity index (χ0n) is 12.8. The third-order valence-corrected chi connectivity index (χ3v) is 5.11. The van der Waals surface area contributed by atoms with E-state index < -0.39 is 0 Å². The number of benzene rings is 1. The lowest BCUT2D eigenvalue weighted by atomic mass is 10.2. The van der Waals surface area contributed by atoms with Gasteiger partial charge in [0.25, 0.3) is 0 Å². The number of para-hydroxylation sites is 1. The summed E-state index contributed by atoms with van der Waals surface area (Å²) in [4.78, 5) is 20.9. The third kappa shape index (κ3) is 4.30. The second kappa shape index (κ2) is 7.57. The van der Waals surface area contributed by atoms with E-state index in [2.05, 4.69) is 20.7 Å². The van der Waals surface area contributed by atoms with E-state index >= 15 is 0 Å². The number of aromatic nitrogens is 2. The number of carbonyl (C=O) groups excluding carboxylic acids is 1. The van der Waals surface area contributed by atoms with E-state index in [0.717, 1.165) is 38.8 Å². The highest BCUT2D eigenvalue weighted by atomic mass is 32.2. The molecule has 0 saturated carbocycles. The van der Waals surface area contributed by atoms with Crippen LogP contribution in [0.5, 0.6) is 0 Å². The Hall–Kier alpha value is -1.92. The van der Waals surface area contributed by atoms with Gasteiger partial charge in [0.1, 0.15) is 0 Å². The number of aryl methyl sites for hydroxylation is 1. The molecule has 4 nitrogen and oxygen atoms in total. The summed E-state index contributed by atoms with van der Waals surface area (Å²) in [5.74, 6) is 1.65. The molecule has 0 fully saturated rings. The van der Waals surface area contributed by atoms with Gasteiger partial charge in [-0.05, 0) is 19.1 Å². The molecule has 2 aromatic heterocycles. The van der Waals surface area contributed by atoms with Crippen LogP contribution in [0.4, 0.5) is 5.69 Å². The van der Waals surface area contributed by atoms with E-state index in [-0.39, 0.29) is 5.91 Å². The smallest absolute Gasteiger partial charge is 0.225 e. The Morgan fingerprint density at radius 2 is 2.17 bits per heavy atom. The fraction of sp³-hybridized carbons (Fsp3) is 0.235. The summed E-state index contributed by atoms with van der Waals surface area (Å²) in [7, 11) is 0. The predicted octanol–water partition coefficient (Wildman–Crippen LogP) is 4.26. The highest BCUT2D eigenvalue weighted by Crippen LogP contribution is 2.21. The normalized spacial score (nSPS) is 10.8. The topological polar surface area (TPSA) is 54.9 Å². The van der Waals surface area contributed by atoms with Gasteiger partial charge < -0.3 is 5.32 Å². The van der Waals surface area contributed by atoms with Crippen molar-refractivity contribution in [1.29, 1.82) is 0 Å². The molecule has 1 aromatic carbocycles. The maximum absolute atomic E-state index is 12.1. The quantitative estimate of drug-likeness (QED) is 0.679. The summed E-state index contributed by atoms with van der Waals surface area (Å²) in [6.07, 6.45) is 2.22. The fourth-order valence-corrected chi connectivity index (χ4v) is 3.78. The molecule has 118 valence electrons. The number of hydrogen-bond donors (Lipinski definition) is 1. The number of thioether (sulfide) groups is 1. The van der Waals surface area contributed by atoms with Crippen LogP contribution in [-0.2, 0) is 10.5 Å². The molecule has 0 bridgehead atoms. The van der Waals surface area contributed by atoms with Crippen LogP contribution in [0.3, 0.4) is 0 Å². The number of anilines is 1. The lowest BCUT2D eigenvalue weighted by Crippen LogP contribution is -2.12. The average molecular weight is 343 g/mol. The number of pyridine rings is 1. The van der Waals surface area contributed by atoms with Gasteiger partial charge >= 0.3 is 0 Å². The minimum atomic E-state index is 0.0186. The first-order valence-electron chi connectivity index (χ1n) is 7.35. The van der Waals surface area contributed by atoms with Crippen molar-refractivity contribution < 1.29 is 4.79 Å². The van der Waals surface area contributed by atoms with Crippen LogP contribution in [0.2, 0.25) is 0 Å². The molecule has 0 radical (unpaired) electrons. The average Bonchev–Trinajstić information content (AvgIpc) is 2.97. The third-order valence-electron chi connectivity index (χ3n) is 3.30. The molecule has 3 rings (SSSR count). The first-order chi connectivity index (χ1) is 11.2. The zero-order valence-corrected chi connectivity index (χ0v) is 14.4. The summed E-state index contributed by atoms with van der Waals surface area (Å²) < 4.78 is 0. The Bertz CT molecular complexity index is 811. The molecule has 2 heterocycles. The number of hydrogen-bond acceptors (Lipinski definition) is 5. The van der Waals surface area contributed by atoms with Gasteiger partial charge in [-0.1, -0.05) is 18.2 Å². The zero-order chi connectivity index (χ0) is 16.1. The molecule has 0 atom stereocenters. The highest BCUT2D eigenvalue weighted by molar-refractivity contribution is 7.98. The SMILES string of the molecule is Cc1nc(CSCCC(=O)Nc2cccc3cccnc23)cs1. The molecule has 0 unspecified atom stereocenters. The Morgan fingerprint density at radius 1 is 1.30 bits per heavy atom. The minimum absolute atomic E-state index is 0.0186. The van der Waals surface area contributed by atoms with Gasteiger partial charge in [0, 0.05) is 34.9 Å². The van der Waals surface area contributed by atoms with E-state index in [1.807, 2.05) is 37.3 Å². The summed E-state index contributed by atoms with van der Waals surface area (Å²) in [5.41, 5.74) is 2.69. The van der Waals surface area contributed by atoms with Gasteiger partial charge in [0.15, 0.2) is 0 Å². The van der Waals surface area contributed by atoms with Crippen molar-refractivity contribution in [2.45, 2.75) is 19.1 Å². The largest absolute Gasteiger partial charge is 0.324 e. The van der Waals surface area contributed by atoms with Gasteiger partial charge in [0.2, 0.25) is 5.91 Å². The van der Waals surface area contributed by atoms with Gasteiger partial charge in [-0.3, -0.25) is 9.78 Å². The van der Waals surface area contributed by atoms with Gasteiger partial charge in [-0.2, -0.15) is 11.8 Å². The van der Waals surface area contributed by atoms with Crippen LogP contribution in [0.25, 0.3) is 10.9 Å². The van der Waals surface area contributed by atoms with Crippen molar-refractivity contribution in [3.63, 3.8) is 0 Å². The molecule has 23 heavy (non-hydrogen) atoms. The molecular weight excluding hydrogens is 326 g/mol. The van der Waals surface area contributed by atoms with E-state index in [9.17, 15) is 4.79 Å². The Labute approximate surface area is 143 Å². The second-order valence-electron chi connectivity index (χ2n) is 5.09. The van der Waals surface area contributed by atoms with Crippen molar-refractivity contribution in [3.8, 4) is 0 Å². The monoisotopic (exact) mass is 343 g/mol. The summed E-state index contributed by atoms with van der Waals surface area (Å²) in [5, 5.41) is 7.14. The lowest BCUT2D eigenvalue weighted by molar-refractivity contribution is -0.115. The number of nitrogens with zero attached hydrogens (tertiary/aromatic N) is 2. The molecule has 0 aliphatic heterocycles. The van der Waals surface area contributed by atoms with Crippen LogP contribution < -0.4 is 5.32 Å². The fourth-order valence-electron chi connectivity index (χ4n) is 2.23. The number of amides is 1. The summed E-state index contributed by atoms with van der Waals surface area (Å²) in [6.45, 7) is 2.00. The Morgan fingerprint density at radius 3 is 3.00 bits per heavy atom. The number of fused-ring (bicyclic) bond motifs is 1. The summed E-state index contributed by atoms with van der Waals surface area (Å²) in [6, 6.07) is 9.69. The van der Waals surface area contributed by atoms with E-state index in [4.69, 9.17) is 0 Å². The molecule has 3 aromatic rings. The summed E-state index contributed by atoms with van der Waals surface area (Å²) >= 11 is 3.39. The van der Waals surface area contributed by atoms with Crippen molar-refractivity contribution in [2.24, 2.45) is 0 Å². The molecule has 1 amide bonds. The lowest BCUT2D eigenvalue weighted by Gasteiger charge is -2.07. The number of carbonyl (C=O) groups is 1. The second-order valence-corrected chi connectivity index (χ2v) is 7.26. The number of rotatable bonds is 6. The van der Waals surface area contributed by atoms with Crippen LogP contribution in [-0.4, -0.2) is 21.6 Å². The van der Waals surface area contributed by atoms with Crippen molar-refractivity contribution in [3.05, 3.63) is 52.6 Å². The number of thiazole rings is 1. The van der Waals surface area contributed by atoms with Crippen LogP contribution in [0.15, 0.2) is 41.9 Å². The van der Waals surface area contributed by atoms with Gasteiger partial charge in [0.05, 0.1) is 21.9 Å². The Balaban J connectivity index is 1.51. The van der Waals surface area contributed by atoms with Crippen LogP contribution in [0, 0.1) is 6.92 Å². The highest BCUT2D eigenvalue weighted by Gasteiger charge is 2.07. The first-order valence-corrected chi connectivity index (χ1v) is 9.38. The van der Waals surface area contributed by atoms with E-state index in [1.165, 1.54) is 0 Å². The van der Waals surface area contributed by atoms with E-state index in [1.54, 1.807) is 29.3 Å². The van der Waals surface area contributed by atoms with Crippen molar-refractivity contribution in [1.82, 2.24) is 9.97 Å². The molecule has 0 spiro atoms.